The van der Waals surface area contributed by atoms with Crippen LogP contribution in [0.2, 0.25) is 5.02 Å². The summed E-state index contributed by atoms with van der Waals surface area (Å²) in [5.41, 5.74) is 0.590. The van der Waals surface area contributed by atoms with E-state index < -0.39 is 15.9 Å². The summed E-state index contributed by atoms with van der Waals surface area (Å²) < 4.78 is 22.6. The minimum Gasteiger partial charge on any atom is -0.387 e. The molecule has 0 bridgehead atoms. The number of benzene rings is 1. The third-order valence-electron chi connectivity index (χ3n) is 2.14. The van der Waals surface area contributed by atoms with E-state index in [9.17, 15) is 13.5 Å². The quantitative estimate of drug-likeness (QED) is 0.851. The summed E-state index contributed by atoms with van der Waals surface area (Å²) in [5.74, 6) is 0. The van der Waals surface area contributed by atoms with E-state index in [4.69, 9.17) is 11.6 Å². The zero-order valence-corrected chi connectivity index (χ0v) is 10.6. The number of hydrogen-bond donors (Lipinski definition) is 2. The molecule has 0 amide bonds. The third kappa shape index (κ3) is 3.18. The number of sulfone groups is 1. The lowest BCUT2D eigenvalue weighted by Gasteiger charge is -2.11. The van der Waals surface area contributed by atoms with E-state index in [1.54, 1.807) is 13.1 Å². The number of hydrogen-bond acceptors (Lipinski definition) is 4. The molecule has 0 saturated carbocycles. The maximum atomic E-state index is 11.3. The highest BCUT2D eigenvalue weighted by atomic mass is 35.5. The Kier molecular flexibility index (Phi) is 4.32. The van der Waals surface area contributed by atoms with Crippen LogP contribution < -0.4 is 5.32 Å². The maximum Gasteiger partial charge on any atom is 0.176 e. The van der Waals surface area contributed by atoms with Gasteiger partial charge in [-0.15, -0.1) is 0 Å². The molecule has 6 heteroatoms. The van der Waals surface area contributed by atoms with Crippen molar-refractivity contribution < 1.29 is 13.5 Å². The summed E-state index contributed by atoms with van der Waals surface area (Å²) in [7, 11) is -1.60. The normalized spacial score (nSPS) is 13.8. The Morgan fingerprint density at radius 3 is 2.56 bits per heavy atom. The molecule has 4 nitrogen and oxygen atoms in total. The Balaban J connectivity index is 3.09. The van der Waals surface area contributed by atoms with Crippen LogP contribution in [-0.2, 0) is 9.84 Å². The Morgan fingerprint density at radius 2 is 2.12 bits per heavy atom. The number of rotatable bonds is 4. The van der Waals surface area contributed by atoms with Gasteiger partial charge in [-0.2, -0.15) is 0 Å². The van der Waals surface area contributed by atoms with Crippen molar-refractivity contribution in [1.29, 1.82) is 0 Å². The second kappa shape index (κ2) is 5.14. The molecule has 0 aliphatic heterocycles. The first-order chi connectivity index (χ1) is 7.36. The third-order valence-corrected chi connectivity index (χ3v) is 3.72. The van der Waals surface area contributed by atoms with Crippen LogP contribution in [0.1, 0.15) is 11.7 Å². The fraction of sp³-hybridized carbons (Fsp3) is 0.400. The SMILES string of the molecule is CNCC(O)c1ccc(S(C)(=O)=O)c(Cl)c1. The van der Waals surface area contributed by atoms with E-state index in [1.165, 1.54) is 12.1 Å². The Morgan fingerprint density at radius 1 is 1.50 bits per heavy atom. The first-order valence-corrected chi connectivity index (χ1v) is 6.95. The van der Waals surface area contributed by atoms with Crippen molar-refractivity contribution in [2.75, 3.05) is 19.8 Å². The summed E-state index contributed by atoms with van der Waals surface area (Å²) in [6.45, 7) is 0.383. The number of halogens is 1. The second-order valence-electron chi connectivity index (χ2n) is 3.54. The highest BCUT2D eigenvalue weighted by molar-refractivity contribution is 7.90. The molecule has 1 unspecified atom stereocenters. The summed E-state index contributed by atoms with van der Waals surface area (Å²) >= 11 is 5.85. The van der Waals surface area contributed by atoms with Crippen molar-refractivity contribution in [3.05, 3.63) is 28.8 Å². The Bertz CT molecular complexity index is 473. The van der Waals surface area contributed by atoms with E-state index in [1.807, 2.05) is 0 Å². The van der Waals surface area contributed by atoms with Gasteiger partial charge in [-0.1, -0.05) is 17.7 Å². The van der Waals surface area contributed by atoms with Crippen LogP contribution in [0.3, 0.4) is 0 Å². The summed E-state index contributed by atoms with van der Waals surface area (Å²) in [6.07, 6.45) is 0.397. The van der Waals surface area contributed by atoms with Gasteiger partial charge in [0, 0.05) is 12.8 Å². The first-order valence-electron chi connectivity index (χ1n) is 4.68. The van der Waals surface area contributed by atoms with Crippen molar-refractivity contribution in [3.8, 4) is 0 Å². The molecule has 0 aromatic heterocycles. The van der Waals surface area contributed by atoms with E-state index >= 15 is 0 Å². The molecule has 1 aromatic carbocycles. The summed E-state index contributed by atoms with van der Waals surface area (Å²) in [5, 5.41) is 12.6. The molecule has 16 heavy (non-hydrogen) atoms. The molecule has 0 heterocycles. The molecule has 1 aromatic rings. The van der Waals surface area contributed by atoms with Gasteiger partial charge in [0.1, 0.15) is 0 Å². The zero-order valence-electron chi connectivity index (χ0n) is 9.07. The molecule has 1 rings (SSSR count). The average Bonchev–Trinajstić information content (AvgIpc) is 2.16. The number of likely N-dealkylation sites (N-methyl/N-ethyl adjacent to an activating group) is 1. The lowest BCUT2D eigenvalue weighted by atomic mass is 10.1. The van der Waals surface area contributed by atoms with Crippen LogP contribution in [0, 0.1) is 0 Å². The first kappa shape index (κ1) is 13.4. The lowest BCUT2D eigenvalue weighted by molar-refractivity contribution is 0.177. The van der Waals surface area contributed by atoms with Crippen molar-refractivity contribution in [1.82, 2.24) is 5.32 Å². The van der Waals surface area contributed by atoms with Crippen LogP contribution >= 0.6 is 11.6 Å². The van der Waals surface area contributed by atoms with Gasteiger partial charge < -0.3 is 10.4 Å². The Hall–Kier alpha value is -0.620. The molecule has 0 radical (unpaired) electrons. The van der Waals surface area contributed by atoms with Gasteiger partial charge in [0.2, 0.25) is 0 Å². The smallest absolute Gasteiger partial charge is 0.176 e. The van der Waals surface area contributed by atoms with Crippen LogP contribution in [0.25, 0.3) is 0 Å². The fourth-order valence-electron chi connectivity index (χ4n) is 1.34. The molecular formula is C10H14ClNO3S. The molecule has 0 saturated heterocycles. The lowest BCUT2D eigenvalue weighted by Crippen LogP contribution is -2.16. The summed E-state index contributed by atoms with van der Waals surface area (Å²) in [4.78, 5) is 0.0783. The van der Waals surface area contributed by atoms with Crippen LogP contribution in [0.5, 0.6) is 0 Å². The summed E-state index contributed by atoms with van der Waals surface area (Å²) in [6, 6.07) is 4.44. The van der Waals surface area contributed by atoms with E-state index in [0.717, 1.165) is 6.26 Å². The fourth-order valence-corrected chi connectivity index (χ4v) is 2.67. The predicted molar refractivity (Wildman–Crippen MR) is 63.4 cm³/mol. The standard InChI is InChI=1S/C10H14ClNO3S/c1-12-6-9(13)7-3-4-10(8(11)5-7)16(2,14)15/h3-5,9,12-13H,6H2,1-2H3. The van der Waals surface area contributed by atoms with E-state index in [0.29, 0.717) is 12.1 Å². The minimum absolute atomic E-state index is 0.0783. The van der Waals surface area contributed by atoms with Crippen molar-refractivity contribution in [2.45, 2.75) is 11.0 Å². The average molecular weight is 264 g/mol. The Labute approximate surface area is 100 Å². The molecule has 0 fully saturated rings. The molecule has 0 spiro atoms. The van der Waals surface area contributed by atoms with Gasteiger partial charge in [-0.3, -0.25) is 0 Å². The van der Waals surface area contributed by atoms with Gasteiger partial charge in [0.05, 0.1) is 16.0 Å². The van der Waals surface area contributed by atoms with Gasteiger partial charge >= 0.3 is 0 Å². The van der Waals surface area contributed by atoms with Gasteiger partial charge in [-0.05, 0) is 24.7 Å². The van der Waals surface area contributed by atoms with Gasteiger partial charge in [-0.25, -0.2) is 8.42 Å². The maximum absolute atomic E-state index is 11.3. The highest BCUT2D eigenvalue weighted by Crippen LogP contribution is 2.25. The highest BCUT2D eigenvalue weighted by Gasteiger charge is 2.14. The van der Waals surface area contributed by atoms with Crippen molar-refractivity contribution in [2.24, 2.45) is 0 Å². The number of aliphatic hydroxyl groups is 1. The van der Waals surface area contributed by atoms with Gasteiger partial charge in [0.25, 0.3) is 0 Å². The van der Waals surface area contributed by atoms with Gasteiger partial charge in [0.15, 0.2) is 9.84 Å². The number of aliphatic hydroxyl groups excluding tert-OH is 1. The zero-order chi connectivity index (χ0) is 12.3. The molecule has 0 aliphatic carbocycles. The molecular weight excluding hydrogens is 250 g/mol. The second-order valence-corrected chi connectivity index (χ2v) is 5.93. The molecule has 1 atom stereocenters. The van der Waals surface area contributed by atoms with E-state index in [-0.39, 0.29) is 9.92 Å². The van der Waals surface area contributed by atoms with Crippen molar-refractivity contribution in [3.63, 3.8) is 0 Å². The predicted octanol–water partition coefficient (Wildman–Crippen LogP) is 0.996. The largest absolute Gasteiger partial charge is 0.387 e. The van der Waals surface area contributed by atoms with Crippen LogP contribution in [-0.4, -0.2) is 33.4 Å². The molecule has 2 N–H and O–H groups in total. The topological polar surface area (TPSA) is 66.4 Å². The molecule has 0 aliphatic rings. The minimum atomic E-state index is -3.32. The monoisotopic (exact) mass is 263 g/mol. The van der Waals surface area contributed by atoms with Crippen LogP contribution in [0.15, 0.2) is 23.1 Å². The van der Waals surface area contributed by atoms with Crippen molar-refractivity contribution >= 4 is 21.4 Å². The number of nitrogens with one attached hydrogen (secondary N) is 1. The van der Waals surface area contributed by atoms with E-state index in [2.05, 4.69) is 5.32 Å². The van der Waals surface area contributed by atoms with Crippen LogP contribution in [0.4, 0.5) is 0 Å². The molecule has 90 valence electrons.